The van der Waals surface area contributed by atoms with Crippen molar-refractivity contribution in [3.8, 4) is 5.75 Å². The van der Waals surface area contributed by atoms with Crippen LogP contribution < -0.4 is 14.8 Å². The minimum Gasteiger partial charge on any atom is -0.619 e. The number of hydrogen-bond acceptors (Lipinski definition) is 4. The lowest BCUT2D eigenvalue weighted by atomic mass is 10.2. The van der Waals surface area contributed by atoms with Gasteiger partial charge in [0, 0.05) is 19.2 Å². The Labute approximate surface area is 142 Å². The van der Waals surface area contributed by atoms with E-state index in [0.29, 0.717) is 29.9 Å². The highest BCUT2D eigenvalue weighted by molar-refractivity contribution is 5.93. The second-order valence-corrected chi connectivity index (χ2v) is 5.80. The molecule has 6 nitrogen and oxygen atoms in total. The van der Waals surface area contributed by atoms with Crippen LogP contribution in [0.25, 0.3) is 0 Å². The van der Waals surface area contributed by atoms with Crippen LogP contribution in [0, 0.1) is 5.21 Å². The molecule has 1 amide bonds. The van der Waals surface area contributed by atoms with Gasteiger partial charge in [-0.25, -0.2) is 0 Å². The first-order valence-corrected chi connectivity index (χ1v) is 7.88. The molecule has 1 aromatic heterocycles. The Morgan fingerprint density at radius 1 is 1.29 bits per heavy atom. The first-order valence-electron chi connectivity index (χ1n) is 7.88. The summed E-state index contributed by atoms with van der Waals surface area (Å²) in [7, 11) is 4.05. The average molecular weight is 329 g/mol. The summed E-state index contributed by atoms with van der Waals surface area (Å²) >= 11 is 0. The predicted molar refractivity (Wildman–Crippen MR) is 91.7 cm³/mol. The molecule has 2 aromatic rings. The molecule has 0 radical (unpaired) electrons. The van der Waals surface area contributed by atoms with Crippen LogP contribution in [-0.4, -0.2) is 38.1 Å². The van der Waals surface area contributed by atoms with Gasteiger partial charge in [-0.2, -0.15) is 4.73 Å². The highest BCUT2D eigenvalue weighted by Crippen LogP contribution is 2.14. The van der Waals surface area contributed by atoms with E-state index in [1.54, 1.807) is 12.1 Å². The van der Waals surface area contributed by atoms with Gasteiger partial charge in [-0.15, -0.1) is 0 Å². The summed E-state index contributed by atoms with van der Waals surface area (Å²) in [6, 6.07) is 11.1. The van der Waals surface area contributed by atoms with E-state index in [0.717, 1.165) is 12.3 Å². The molecule has 0 saturated heterocycles. The Kier molecular flexibility index (Phi) is 6.57. The van der Waals surface area contributed by atoms with Crippen molar-refractivity contribution in [2.24, 2.45) is 0 Å². The summed E-state index contributed by atoms with van der Waals surface area (Å²) in [4.78, 5) is 14.0. The van der Waals surface area contributed by atoms with E-state index >= 15 is 0 Å². The monoisotopic (exact) mass is 329 g/mol. The van der Waals surface area contributed by atoms with Crippen LogP contribution in [0.1, 0.15) is 22.3 Å². The fourth-order valence-corrected chi connectivity index (χ4v) is 2.25. The number of rotatable bonds is 8. The minimum absolute atomic E-state index is 0.256. The molecule has 1 aromatic carbocycles. The van der Waals surface area contributed by atoms with Crippen LogP contribution in [0.15, 0.2) is 48.8 Å². The lowest BCUT2D eigenvalue weighted by Crippen LogP contribution is -2.30. The number of benzene rings is 1. The highest BCUT2D eigenvalue weighted by Gasteiger charge is 2.07. The van der Waals surface area contributed by atoms with E-state index < -0.39 is 0 Å². The Morgan fingerprint density at radius 3 is 2.88 bits per heavy atom. The van der Waals surface area contributed by atoms with Crippen molar-refractivity contribution in [3.05, 3.63) is 65.1 Å². The highest BCUT2D eigenvalue weighted by atomic mass is 16.5. The predicted octanol–water partition coefficient (Wildman–Crippen LogP) is 1.58. The van der Waals surface area contributed by atoms with Crippen LogP contribution in [0.3, 0.4) is 0 Å². The lowest BCUT2D eigenvalue weighted by molar-refractivity contribution is -0.605. The van der Waals surface area contributed by atoms with Crippen molar-refractivity contribution in [1.82, 2.24) is 10.2 Å². The largest absolute Gasteiger partial charge is 0.619 e. The van der Waals surface area contributed by atoms with Gasteiger partial charge in [-0.1, -0.05) is 12.1 Å². The lowest BCUT2D eigenvalue weighted by Gasteiger charge is -2.12. The van der Waals surface area contributed by atoms with Crippen LogP contribution >= 0.6 is 0 Å². The second-order valence-electron chi connectivity index (χ2n) is 5.80. The molecule has 1 N–H and O–H groups in total. The smallest absolute Gasteiger partial charge is 0.257 e. The molecule has 2 rings (SSSR count). The van der Waals surface area contributed by atoms with Gasteiger partial charge in [0.2, 0.25) is 0 Å². The number of nitrogens with one attached hydrogen (secondary N) is 1. The molecule has 0 atom stereocenters. The summed E-state index contributed by atoms with van der Waals surface area (Å²) in [5, 5.41) is 13.9. The molecule has 128 valence electrons. The van der Waals surface area contributed by atoms with Crippen molar-refractivity contribution >= 4 is 5.91 Å². The summed E-state index contributed by atoms with van der Waals surface area (Å²) in [6.07, 6.45) is 3.28. The number of amides is 1. The minimum atomic E-state index is -0.256. The van der Waals surface area contributed by atoms with Crippen molar-refractivity contribution in [1.29, 1.82) is 0 Å². The molecule has 0 spiro atoms. The molecule has 6 heteroatoms. The zero-order valence-corrected chi connectivity index (χ0v) is 14.1. The van der Waals surface area contributed by atoms with Gasteiger partial charge in [-0.3, -0.25) is 4.79 Å². The molecular weight excluding hydrogens is 306 g/mol. The first kappa shape index (κ1) is 17.7. The van der Waals surface area contributed by atoms with Gasteiger partial charge in [-0.05, 0) is 44.3 Å². The van der Waals surface area contributed by atoms with E-state index in [1.165, 1.54) is 18.0 Å². The third kappa shape index (κ3) is 5.89. The first-order chi connectivity index (χ1) is 11.5. The zero-order valence-electron chi connectivity index (χ0n) is 14.1. The van der Waals surface area contributed by atoms with E-state index in [2.05, 4.69) is 16.3 Å². The number of pyridine rings is 1. The van der Waals surface area contributed by atoms with Gasteiger partial charge in [0.15, 0.2) is 12.4 Å². The summed E-state index contributed by atoms with van der Waals surface area (Å²) < 4.78 is 6.32. The number of carbonyl (C=O) groups is 1. The van der Waals surface area contributed by atoms with Crippen molar-refractivity contribution < 1.29 is 14.3 Å². The van der Waals surface area contributed by atoms with E-state index in [9.17, 15) is 10.0 Å². The molecule has 0 saturated carbocycles. The average Bonchev–Trinajstić information content (AvgIpc) is 2.54. The third-order valence-corrected chi connectivity index (χ3v) is 3.31. The molecule has 0 aliphatic heterocycles. The van der Waals surface area contributed by atoms with Gasteiger partial charge >= 0.3 is 0 Å². The van der Waals surface area contributed by atoms with E-state index in [4.69, 9.17) is 4.74 Å². The molecular formula is C18H23N3O3. The number of ether oxygens (including phenoxy) is 1. The third-order valence-electron chi connectivity index (χ3n) is 3.31. The standard InChI is InChI=1S/C18H23N3O3/c1-20(2)13-15-6-3-8-17(12-15)24-11-5-9-19-18(22)16-7-4-10-21(23)14-16/h3-4,6-8,10,12,14H,5,9,11,13H2,1-2H3,(H,19,22). The number of nitrogens with zero attached hydrogens (tertiary/aromatic N) is 2. The maximum atomic E-state index is 11.9. The van der Waals surface area contributed by atoms with Gasteiger partial charge in [0.1, 0.15) is 11.3 Å². The SMILES string of the molecule is CN(C)Cc1cccc(OCCCNC(=O)c2ccc[n+]([O-])c2)c1. The molecule has 0 bridgehead atoms. The quantitative estimate of drug-likeness (QED) is 0.454. The van der Waals surface area contributed by atoms with Gasteiger partial charge in [0.25, 0.3) is 5.91 Å². The maximum Gasteiger partial charge on any atom is 0.257 e. The fraction of sp³-hybridized carbons (Fsp3) is 0.333. The number of hydrogen-bond donors (Lipinski definition) is 1. The Balaban J connectivity index is 1.70. The zero-order chi connectivity index (χ0) is 17.4. The number of aromatic nitrogens is 1. The van der Waals surface area contributed by atoms with Crippen LogP contribution in [0.2, 0.25) is 0 Å². The van der Waals surface area contributed by atoms with Gasteiger partial charge in [0.05, 0.1) is 6.61 Å². The van der Waals surface area contributed by atoms with Crippen molar-refractivity contribution in [2.45, 2.75) is 13.0 Å². The van der Waals surface area contributed by atoms with Crippen LogP contribution in [0.5, 0.6) is 5.75 Å². The topological polar surface area (TPSA) is 68.5 Å². The van der Waals surface area contributed by atoms with E-state index in [1.807, 2.05) is 32.3 Å². The molecule has 0 unspecified atom stereocenters. The second kappa shape index (κ2) is 8.88. The molecule has 0 aliphatic rings. The van der Waals surface area contributed by atoms with Crippen molar-refractivity contribution in [2.75, 3.05) is 27.2 Å². The fourth-order valence-electron chi connectivity index (χ4n) is 2.25. The molecule has 0 fully saturated rings. The van der Waals surface area contributed by atoms with E-state index in [-0.39, 0.29) is 5.91 Å². The Bertz CT molecular complexity index is 674. The Morgan fingerprint density at radius 2 is 2.12 bits per heavy atom. The molecule has 24 heavy (non-hydrogen) atoms. The van der Waals surface area contributed by atoms with Crippen molar-refractivity contribution in [3.63, 3.8) is 0 Å². The molecule has 1 heterocycles. The molecule has 0 aliphatic carbocycles. The summed E-state index contributed by atoms with van der Waals surface area (Å²) in [5.41, 5.74) is 1.55. The van der Waals surface area contributed by atoms with Gasteiger partial charge < -0.3 is 20.2 Å². The maximum absolute atomic E-state index is 11.9. The summed E-state index contributed by atoms with van der Waals surface area (Å²) in [6.45, 7) is 1.87. The number of carbonyl (C=O) groups excluding carboxylic acids is 1. The summed E-state index contributed by atoms with van der Waals surface area (Å²) in [5.74, 6) is 0.573. The Hall–Kier alpha value is -2.60. The van der Waals surface area contributed by atoms with Crippen LogP contribution in [0.4, 0.5) is 0 Å². The normalized spacial score (nSPS) is 10.6. The van der Waals surface area contributed by atoms with Crippen LogP contribution in [-0.2, 0) is 6.54 Å².